The molecule has 0 bridgehead atoms. The van der Waals surface area contributed by atoms with Crippen LogP contribution in [0, 0.1) is 0 Å². The molecule has 180 valence electrons. The van der Waals surface area contributed by atoms with Gasteiger partial charge in [0.15, 0.2) is 11.5 Å². The standard InChI is InChI=1S/C28H22N2O6/c1-16(2)35-28(34)19-7-5-8-20(14-19)30-24(17-10-12-29-13-11-17)23(26(32)27(30)33)25(31)22-15-18-6-3-4-9-21(18)36-22/h3-16,24,32H,1-2H3. The fourth-order valence-electron chi connectivity index (χ4n) is 4.26. The molecule has 0 aliphatic carbocycles. The number of hydrogen-bond donors (Lipinski definition) is 1. The summed E-state index contributed by atoms with van der Waals surface area (Å²) in [6.07, 6.45) is 2.75. The van der Waals surface area contributed by atoms with Gasteiger partial charge in [-0.1, -0.05) is 24.3 Å². The van der Waals surface area contributed by atoms with E-state index in [0.717, 1.165) is 5.39 Å². The molecule has 8 nitrogen and oxygen atoms in total. The minimum atomic E-state index is -0.974. The summed E-state index contributed by atoms with van der Waals surface area (Å²) in [4.78, 5) is 44.8. The molecule has 1 unspecified atom stereocenters. The molecule has 36 heavy (non-hydrogen) atoms. The minimum absolute atomic E-state index is 0.000665. The number of aliphatic hydroxyl groups is 1. The molecule has 2 aromatic heterocycles. The third-order valence-corrected chi connectivity index (χ3v) is 5.83. The number of carbonyl (C=O) groups is 3. The van der Waals surface area contributed by atoms with E-state index >= 15 is 0 Å². The lowest BCUT2D eigenvalue weighted by molar-refractivity contribution is -0.117. The molecule has 3 heterocycles. The summed E-state index contributed by atoms with van der Waals surface area (Å²) in [7, 11) is 0. The Morgan fingerprint density at radius 3 is 2.50 bits per heavy atom. The number of aromatic nitrogens is 1. The second-order valence-electron chi connectivity index (χ2n) is 8.60. The number of ketones is 1. The molecule has 1 amide bonds. The van der Waals surface area contributed by atoms with Gasteiger partial charge in [0.1, 0.15) is 5.58 Å². The van der Waals surface area contributed by atoms with Gasteiger partial charge in [0.05, 0.1) is 23.3 Å². The van der Waals surface area contributed by atoms with Crippen LogP contribution in [0.1, 0.15) is 46.4 Å². The largest absolute Gasteiger partial charge is 0.503 e. The van der Waals surface area contributed by atoms with E-state index in [9.17, 15) is 19.5 Å². The molecule has 1 aliphatic heterocycles. The van der Waals surface area contributed by atoms with Crippen molar-refractivity contribution in [3.63, 3.8) is 0 Å². The number of Topliss-reactive ketones (excluding diaryl/α,β-unsaturated/α-hetero) is 1. The van der Waals surface area contributed by atoms with Crippen molar-refractivity contribution in [1.29, 1.82) is 0 Å². The third kappa shape index (κ3) is 4.02. The quantitative estimate of drug-likeness (QED) is 0.298. The van der Waals surface area contributed by atoms with Crippen LogP contribution in [-0.2, 0) is 9.53 Å². The van der Waals surface area contributed by atoms with Gasteiger partial charge in [0.2, 0.25) is 5.78 Å². The fraction of sp³-hybridized carbons (Fsp3) is 0.143. The Hall–Kier alpha value is -4.72. The van der Waals surface area contributed by atoms with E-state index in [0.29, 0.717) is 16.8 Å². The normalized spacial score (nSPS) is 15.7. The van der Waals surface area contributed by atoms with Gasteiger partial charge in [0, 0.05) is 23.5 Å². The van der Waals surface area contributed by atoms with E-state index in [4.69, 9.17) is 9.15 Å². The van der Waals surface area contributed by atoms with Crippen LogP contribution in [0.5, 0.6) is 0 Å². The van der Waals surface area contributed by atoms with E-state index in [1.807, 2.05) is 6.07 Å². The molecule has 0 spiro atoms. The van der Waals surface area contributed by atoms with Crippen molar-refractivity contribution in [1.82, 2.24) is 4.98 Å². The average Bonchev–Trinajstić information content (AvgIpc) is 3.43. The number of benzene rings is 2. The molecule has 5 rings (SSSR count). The Kier molecular flexibility index (Phi) is 5.85. The molecule has 8 heteroatoms. The Balaban J connectivity index is 1.61. The highest BCUT2D eigenvalue weighted by atomic mass is 16.5. The van der Waals surface area contributed by atoms with Gasteiger partial charge in [0.25, 0.3) is 5.91 Å². The summed E-state index contributed by atoms with van der Waals surface area (Å²) in [6.45, 7) is 3.48. The van der Waals surface area contributed by atoms with Crippen molar-refractivity contribution in [2.24, 2.45) is 0 Å². The summed E-state index contributed by atoms with van der Waals surface area (Å²) < 4.78 is 11.0. The number of amides is 1. The predicted octanol–water partition coefficient (Wildman–Crippen LogP) is 5.18. The van der Waals surface area contributed by atoms with Gasteiger partial charge in [-0.3, -0.25) is 19.5 Å². The number of nitrogens with zero attached hydrogens (tertiary/aromatic N) is 2. The number of anilines is 1. The maximum atomic E-state index is 13.6. The number of esters is 1. The number of pyridine rings is 1. The van der Waals surface area contributed by atoms with Crippen LogP contribution >= 0.6 is 0 Å². The first kappa shape index (κ1) is 23.0. The summed E-state index contributed by atoms with van der Waals surface area (Å²) >= 11 is 0. The molecule has 0 fully saturated rings. The smallest absolute Gasteiger partial charge is 0.338 e. The van der Waals surface area contributed by atoms with Crippen molar-refractivity contribution >= 4 is 34.3 Å². The predicted molar refractivity (Wildman–Crippen MR) is 132 cm³/mol. The summed E-state index contributed by atoms with van der Waals surface area (Å²) in [5, 5.41) is 11.7. The van der Waals surface area contributed by atoms with Crippen LogP contribution in [0.2, 0.25) is 0 Å². The van der Waals surface area contributed by atoms with E-state index in [-0.39, 0.29) is 23.0 Å². The number of ether oxygens (including phenoxy) is 1. The molecule has 0 saturated heterocycles. The molecule has 0 saturated carbocycles. The first-order chi connectivity index (χ1) is 17.3. The van der Waals surface area contributed by atoms with Crippen LogP contribution in [0.25, 0.3) is 11.0 Å². The number of fused-ring (bicyclic) bond motifs is 1. The number of furan rings is 1. The lowest BCUT2D eigenvalue weighted by Gasteiger charge is -2.27. The maximum absolute atomic E-state index is 13.6. The lowest BCUT2D eigenvalue weighted by atomic mass is 9.95. The number of para-hydroxylation sites is 1. The maximum Gasteiger partial charge on any atom is 0.338 e. The van der Waals surface area contributed by atoms with Crippen LogP contribution < -0.4 is 4.90 Å². The molecule has 1 N–H and O–H groups in total. The second kappa shape index (κ2) is 9.14. The topological polar surface area (TPSA) is 110 Å². The molecule has 4 aromatic rings. The summed E-state index contributed by atoms with van der Waals surface area (Å²) in [5.74, 6) is -2.62. The summed E-state index contributed by atoms with van der Waals surface area (Å²) in [5.41, 5.74) is 1.49. The van der Waals surface area contributed by atoms with Crippen molar-refractivity contribution in [2.75, 3.05) is 4.90 Å². The molecule has 1 atom stereocenters. The molecule has 2 aromatic carbocycles. The Morgan fingerprint density at radius 1 is 1.03 bits per heavy atom. The molecule has 0 radical (unpaired) electrons. The van der Waals surface area contributed by atoms with E-state index in [1.165, 1.54) is 23.4 Å². The van der Waals surface area contributed by atoms with Crippen LogP contribution in [0.15, 0.2) is 94.9 Å². The van der Waals surface area contributed by atoms with Crippen LogP contribution in [0.3, 0.4) is 0 Å². The number of rotatable bonds is 6. The van der Waals surface area contributed by atoms with Gasteiger partial charge < -0.3 is 14.3 Å². The Morgan fingerprint density at radius 2 is 1.78 bits per heavy atom. The van der Waals surface area contributed by atoms with E-state index < -0.39 is 29.5 Å². The highest BCUT2D eigenvalue weighted by Crippen LogP contribution is 2.42. The Labute approximate surface area is 206 Å². The number of hydrogen-bond acceptors (Lipinski definition) is 7. The molecular weight excluding hydrogens is 460 g/mol. The van der Waals surface area contributed by atoms with E-state index in [2.05, 4.69) is 4.98 Å². The highest BCUT2D eigenvalue weighted by Gasteiger charge is 2.45. The number of carbonyl (C=O) groups excluding carboxylic acids is 3. The van der Waals surface area contributed by atoms with E-state index in [1.54, 1.807) is 68.4 Å². The zero-order valence-corrected chi connectivity index (χ0v) is 19.5. The van der Waals surface area contributed by atoms with Crippen molar-refractivity contribution < 1.29 is 28.6 Å². The fourth-order valence-corrected chi connectivity index (χ4v) is 4.26. The minimum Gasteiger partial charge on any atom is -0.503 e. The lowest BCUT2D eigenvalue weighted by Crippen LogP contribution is -2.31. The average molecular weight is 482 g/mol. The second-order valence-corrected chi connectivity index (χ2v) is 8.60. The van der Waals surface area contributed by atoms with Gasteiger partial charge in [-0.2, -0.15) is 0 Å². The number of aliphatic hydroxyl groups excluding tert-OH is 1. The van der Waals surface area contributed by atoms with Crippen molar-refractivity contribution in [3.8, 4) is 0 Å². The molecule has 1 aliphatic rings. The highest BCUT2D eigenvalue weighted by molar-refractivity contribution is 6.20. The van der Waals surface area contributed by atoms with Gasteiger partial charge in [-0.15, -0.1) is 0 Å². The monoisotopic (exact) mass is 482 g/mol. The van der Waals surface area contributed by atoms with Gasteiger partial charge in [-0.05, 0) is 61.9 Å². The van der Waals surface area contributed by atoms with Crippen LogP contribution in [0.4, 0.5) is 5.69 Å². The first-order valence-corrected chi connectivity index (χ1v) is 11.4. The van der Waals surface area contributed by atoms with Gasteiger partial charge >= 0.3 is 5.97 Å². The Bertz CT molecular complexity index is 1490. The first-order valence-electron chi connectivity index (χ1n) is 11.4. The van der Waals surface area contributed by atoms with Crippen LogP contribution in [-0.4, -0.2) is 33.9 Å². The van der Waals surface area contributed by atoms with Crippen molar-refractivity contribution in [2.45, 2.75) is 26.0 Å². The van der Waals surface area contributed by atoms with Crippen molar-refractivity contribution in [3.05, 3.63) is 107 Å². The third-order valence-electron chi connectivity index (χ3n) is 5.83. The SMILES string of the molecule is CC(C)OC(=O)c1cccc(N2C(=O)C(O)=C(C(=O)c3cc4ccccc4o3)C2c2ccncc2)c1. The molecular formula is C28H22N2O6. The zero-order chi connectivity index (χ0) is 25.4. The van der Waals surface area contributed by atoms with Gasteiger partial charge in [-0.25, -0.2) is 4.79 Å². The zero-order valence-electron chi connectivity index (χ0n) is 19.5. The summed E-state index contributed by atoms with van der Waals surface area (Å²) in [6, 6.07) is 17.4.